The second-order valence-corrected chi connectivity index (χ2v) is 5.05. The van der Waals surface area contributed by atoms with E-state index in [1.807, 2.05) is 0 Å². The van der Waals surface area contributed by atoms with Gasteiger partial charge >= 0.3 is 0 Å². The molecule has 4 saturated carbocycles. The maximum atomic E-state index is 7.20. The molecule has 0 heterocycles. The van der Waals surface area contributed by atoms with Crippen LogP contribution in [0.2, 0.25) is 0 Å². The zero-order chi connectivity index (χ0) is 8.13. The molecule has 0 amide bonds. The summed E-state index contributed by atoms with van der Waals surface area (Å²) >= 11 is 0. The van der Waals surface area contributed by atoms with Crippen LogP contribution in [-0.4, -0.2) is 6.04 Å². The quantitative estimate of drug-likeness (QED) is 0.481. The predicted molar refractivity (Wildman–Crippen MR) is 47.4 cm³/mol. The van der Waals surface area contributed by atoms with E-state index in [4.69, 9.17) is 6.57 Å². The van der Waals surface area contributed by atoms with Crippen molar-refractivity contribution >= 4 is 0 Å². The first-order valence-electron chi connectivity index (χ1n) is 5.23. The molecule has 1 nitrogen and oxygen atoms in total. The van der Waals surface area contributed by atoms with E-state index in [1.54, 1.807) is 0 Å². The molecule has 0 aromatic rings. The average molecular weight is 161 g/mol. The fourth-order valence-corrected chi connectivity index (χ4v) is 4.11. The highest BCUT2D eigenvalue weighted by molar-refractivity contribution is 5.05. The molecule has 4 bridgehead atoms. The van der Waals surface area contributed by atoms with Gasteiger partial charge < -0.3 is 4.85 Å². The first-order valence-corrected chi connectivity index (χ1v) is 5.23. The Bertz CT molecular complexity index is 210. The van der Waals surface area contributed by atoms with E-state index in [-0.39, 0.29) is 0 Å². The summed E-state index contributed by atoms with van der Waals surface area (Å²) in [4.78, 5) is 3.84. The molecule has 0 saturated heterocycles. The van der Waals surface area contributed by atoms with Gasteiger partial charge in [-0.15, -0.1) is 0 Å². The van der Waals surface area contributed by atoms with Crippen molar-refractivity contribution in [2.24, 2.45) is 23.7 Å². The van der Waals surface area contributed by atoms with Crippen LogP contribution in [0.25, 0.3) is 4.85 Å². The second-order valence-electron chi connectivity index (χ2n) is 5.05. The van der Waals surface area contributed by atoms with Crippen LogP contribution in [0.15, 0.2) is 0 Å². The molecule has 0 radical (unpaired) electrons. The minimum absolute atomic E-state index is 0.429. The van der Waals surface area contributed by atoms with Gasteiger partial charge in [-0.1, -0.05) is 0 Å². The zero-order valence-corrected chi connectivity index (χ0v) is 7.37. The Kier molecular flexibility index (Phi) is 1.30. The Morgan fingerprint density at radius 2 is 1.33 bits per heavy atom. The highest BCUT2D eigenvalue weighted by Gasteiger charge is 2.51. The van der Waals surface area contributed by atoms with Crippen molar-refractivity contribution in [3.05, 3.63) is 11.4 Å². The van der Waals surface area contributed by atoms with Crippen molar-refractivity contribution in [2.45, 2.75) is 38.1 Å². The summed E-state index contributed by atoms with van der Waals surface area (Å²) < 4.78 is 0. The molecular formula is C11H15N. The fraction of sp³-hybridized carbons (Fsp3) is 0.909. The van der Waals surface area contributed by atoms with Gasteiger partial charge in [0.25, 0.3) is 0 Å². The van der Waals surface area contributed by atoms with Crippen LogP contribution in [0.5, 0.6) is 0 Å². The molecule has 64 valence electrons. The molecule has 0 aromatic carbocycles. The molecular weight excluding hydrogens is 146 g/mol. The van der Waals surface area contributed by atoms with Gasteiger partial charge in [0, 0.05) is 11.8 Å². The smallest absolute Gasteiger partial charge is 0.229 e. The normalized spacial score (nSPS) is 55.4. The van der Waals surface area contributed by atoms with Gasteiger partial charge in [0.05, 0.1) is 0 Å². The molecule has 4 aliphatic rings. The van der Waals surface area contributed by atoms with Gasteiger partial charge in [0.15, 0.2) is 0 Å². The molecule has 12 heavy (non-hydrogen) atoms. The van der Waals surface area contributed by atoms with Crippen molar-refractivity contribution in [3.63, 3.8) is 0 Å². The fourth-order valence-electron chi connectivity index (χ4n) is 4.11. The van der Waals surface area contributed by atoms with Crippen LogP contribution in [0.1, 0.15) is 32.1 Å². The van der Waals surface area contributed by atoms with E-state index in [0.717, 1.165) is 23.7 Å². The molecule has 0 aromatic heterocycles. The molecule has 1 heteroatoms. The van der Waals surface area contributed by atoms with Crippen LogP contribution in [0.3, 0.4) is 0 Å². The van der Waals surface area contributed by atoms with E-state index in [2.05, 4.69) is 4.85 Å². The highest BCUT2D eigenvalue weighted by atomic mass is 14.8. The van der Waals surface area contributed by atoms with Gasteiger partial charge in [-0.25, -0.2) is 6.57 Å². The van der Waals surface area contributed by atoms with Gasteiger partial charge in [0.2, 0.25) is 6.04 Å². The van der Waals surface area contributed by atoms with Crippen LogP contribution in [-0.2, 0) is 0 Å². The molecule has 4 fully saturated rings. The van der Waals surface area contributed by atoms with E-state index in [9.17, 15) is 0 Å². The Labute approximate surface area is 74.0 Å². The average Bonchev–Trinajstić information content (AvgIpc) is 2.02. The maximum Gasteiger partial charge on any atom is 0.229 e. The van der Waals surface area contributed by atoms with E-state index in [0.29, 0.717) is 6.04 Å². The van der Waals surface area contributed by atoms with E-state index >= 15 is 0 Å². The first kappa shape index (κ1) is 6.95. The molecule has 4 aliphatic carbocycles. The van der Waals surface area contributed by atoms with Crippen LogP contribution >= 0.6 is 0 Å². The molecule has 0 spiro atoms. The lowest BCUT2D eigenvalue weighted by Gasteiger charge is -2.49. The summed E-state index contributed by atoms with van der Waals surface area (Å²) in [6.45, 7) is 7.20. The standard InChI is InChI=1S/C11H15N/c1-12-11-9-3-7-2-8(5-9)6-10(11)4-7/h7-11H,2-6H2. The monoisotopic (exact) mass is 161 g/mol. The Balaban J connectivity index is 1.91. The van der Waals surface area contributed by atoms with Gasteiger partial charge in [-0.05, 0) is 43.9 Å². The van der Waals surface area contributed by atoms with Crippen molar-refractivity contribution < 1.29 is 0 Å². The third-order valence-electron chi connectivity index (χ3n) is 4.33. The van der Waals surface area contributed by atoms with Gasteiger partial charge in [0.1, 0.15) is 0 Å². The molecule has 0 aliphatic heterocycles. The maximum absolute atomic E-state index is 7.20. The number of rotatable bonds is 0. The molecule has 0 atom stereocenters. The summed E-state index contributed by atoms with van der Waals surface area (Å²) in [5.41, 5.74) is 0. The van der Waals surface area contributed by atoms with Crippen LogP contribution in [0.4, 0.5) is 0 Å². The lowest BCUT2D eigenvalue weighted by molar-refractivity contribution is 0.0130. The molecule has 0 N–H and O–H groups in total. The van der Waals surface area contributed by atoms with Crippen LogP contribution < -0.4 is 0 Å². The lowest BCUT2D eigenvalue weighted by atomic mass is 9.54. The summed E-state index contributed by atoms with van der Waals surface area (Å²) in [6.07, 6.45) is 7.05. The SMILES string of the molecule is [C-]#[N+]C1C2CC3CC(C2)CC1C3. The number of nitrogens with zero attached hydrogens (tertiary/aromatic N) is 1. The van der Waals surface area contributed by atoms with Gasteiger partial charge in [-0.2, -0.15) is 0 Å². The van der Waals surface area contributed by atoms with Crippen molar-refractivity contribution in [2.75, 3.05) is 0 Å². The summed E-state index contributed by atoms with van der Waals surface area (Å²) in [7, 11) is 0. The van der Waals surface area contributed by atoms with Crippen molar-refractivity contribution in [1.29, 1.82) is 0 Å². The largest absolute Gasteiger partial charge is 0.313 e. The van der Waals surface area contributed by atoms with Gasteiger partial charge in [-0.3, -0.25) is 0 Å². The summed E-state index contributed by atoms with van der Waals surface area (Å²) in [5.74, 6) is 3.65. The number of hydrogen-bond donors (Lipinski definition) is 0. The van der Waals surface area contributed by atoms with E-state index in [1.165, 1.54) is 32.1 Å². The van der Waals surface area contributed by atoms with E-state index < -0.39 is 0 Å². The molecule has 4 rings (SSSR count). The predicted octanol–water partition coefficient (Wildman–Crippen LogP) is 2.73. The Morgan fingerprint density at radius 3 is 1.75 bits per heavy atom. The third kappa shape index (κ3) is 0.787. The Morgan fingerprint density at radius 1 is 0.833 bits per heavy atom. The topological polar surface area (TPSA) is 4.36 Å². The first-order chi connectivity index (χ1) is 5.86. The lowest BCUT2D eigenvalue weighted by Crippen LogP contribution is -2.46. The minimum atomic E-state index is 0.429. The minimum Gasteiger partial charge on any atom is -0.313 e. The second kappa shape index (κ2) is 2.25. The highest BCUT2D eigenvalue weighted by Crippen LogP contribution is 2.54. The zero-order valence-electron chi connectivity index (χ0n) is 7.37. The number of hydrogen-bond acceptors (Lipinski definition) is 0. The van der Waals surface area contributed by atoms with Crippen molar-refractivity contribution in [1.82, 2.24) is 0 Å². The van der Waals surface area contributed by atoms with Crippen LogP contribution in [0, 0.1) is 30.2 Å². The molecule has 0 unspecified atom stereocenters. The summed E-state index contributed by atoms with van der Waals surface area (Å²) in [6, 6.07) is 0.429. The Hall–Kier alpha value is -0.510. The van der Waals surface area contributed by atoms with Crippen molar-refractivity contribution in [3.8, 4) is 0 Å². The summed E-state index contributed by atoms with van der Waals surface area (Å²) in [5, 5.41) is 0. The third-order valence-corrected chi connectivity index (χ3v) is 4.33.